The van der Waals surface area contributed by atoms with E-state index >= 15 is 0 Å². The van der Waals surface area contributed by atoms with Crippen LogP contribution in [-0.2, 0) is 33.6 Å². The molecule has 39 heavy (non-hydrogen) atoms. The van der Waals surface area contributed by atoms with E-state index in [1.165, 1.54) is 11.8 Å². The van der Waals surface area contributed by atoms with Gasteiger partial charge in [-0.25, -0.2) is 0 Å². The van der Waals surface area contributed by atoms with E-state index in [2.05, 4.69) is 21.3 Å². The van der Waals surface area contributed by atoms with E-state index in [1.807, 2.05) is 13.8 Å². The minimum Gasteiger partial charge on any atom is -0.394 e. The number of aldehydes is 1. The van der Waals surface area contributed by atoms with Crippen LogP contribution in [0.5, 0.6) is 0 Å². The number of primary amides is 2. The fraction of sp³-hybridized carbons (Fsp3) is 0.696. The number of thioether (sulfide) groups is 1. The Morgan fingerprint density at radius 3 is 1.85 bits per heavy atom. The molecule has 0 saturated heterocycles. The van der Waals surface area contributed by atoms with Crippen LogP contribution in [0.25, 0.3) is 0 Å². The molecule has 0 aliphatic rings. The van der Waals surface area contributed by atoms with Crippen molar-refractivity contribution in [3.05, 3.63) is 0 Å². The van der Waals surface area contributed by atoms with Gasteiger partial charge in [-0.05, 0) is 37.2 Å². The predicted octanol–water partition coefficient (Wildman–Crippen LogP) is -3.62. The molecule has 0 spiro atoms. The van der Waals surface area contributed by atoms with Gasteiger partial charge in [0.05, 0.1) is 25.1 Å². The van der Waals surface area contributed by atoms with Crippen LogP contribution in [0.2, 0.25) is 0 Å². The van der Waals surface area contributed by atoms with Gasteiger partial charge in [0, 0.05) is 6.42 Å². The predicted molar refractivity (Wildman–Crippen MR) is 144 cm³/mol. The summed E-state index contributed by atoms with van der Waals surface area (Å²) in [6.07, 6.45) is 2.01. The SMILES string of the molecule is CSCC[C@H](NC(=O)[C@H](CO)NC(=O)[C@@H](N)CC(N)=O)C(=O)N[C@@H](CC(C)C)C(=O)N[C@H](C=O)CCC(N)=O. The molecule has 0 fully saturated rings. The van der Waals surface area contributed by atoms with Crippen molar-refractivity contribution in [1.29, 1.82) is 0 Å². The number of hydrogen-bond acceptors (Lipinski definition) is 10. The number of carbonyl (C=O) groups is 7. The number of amides is 6. The van der Waals surface area contributed by atoms with Crippen LogP contribution >= 0.6 is 11.8 Å². The van der Waals surface area contributed by atoms with Gasteiger partial charge in [-0.1, -0.05) is 13.8 Å². The van der Waals surface area contributed by atoms with Crippen molar-refractivity contribution in [1.82, 2.24) is 21.3 Å². The first-order chi connectivity index (χ1) is 18.2. The van der Waals surface area contributed by atoms with Crippen LogP contribution in [0.1, 0.15) is 46.0 Å². The monoisotopic (exact) mass is 575 g/mol. The first-order valence-corrected chi connectivity index (χ1v) is 13.7. The average Bonchev–Trinajstić information content (AvgIpc) is 2.85. The van der Waals surface area contributed by atoms with Gasteiger partial charge >= 0.3 is 0 Å². The third kappa shape index (κ3) is 15.1. The van der Waals surface area contributed by atoms with Crippen LogP contribution < -0.4 is 38.5 Å². The normalized spacial score (nSPS) is 14.7. The fourth-order valence-corrected chi connectivity index (χ4v) is 3.76. The minimum atomic E-state index is -1.48. The molecule has 0 aromatic rings. The van der Waals surface area contributed by atoms with Crippen LogP contribution in [0.4, 0.5) is 0 Å². The largest absolute Gasteiger partial charge is 0.394 e. The highest BCUT2D eigenvalue weighted by Gasteiger charge is 2.31. The van der Waals surface area contributed by atoms with Gasteiger partial charge in [-0.2, -0.15) is 11.8 Å². The standard InChI is InChI=1S/C23H41N7O8S/c1-12(2)8-16(22(37)27-13(10-31)4-5-18(25)33)29-21(36)15(6-7-39-3)28-23(38)17(11-32)30-20(35)14(24)9-19(26)34/h10,12-17,32H,4-9,11,24H2,1-3H3,(H2,25,33)(H2,26,34)(H,27,37)(H,28,38)(H,29,36)(H,30,35)/t13-,14-,15-,16-,17-/m0/s1. The van der Waals surface area contributed by atoms with Crippen LogP contribution in [0, 0.1) is 5.92 Å². The highest BCUT2D eigenvalue weighted by Crippen LogP contribution is 2.09. The molecule has 0 rings (SSSR count). The molecule has 11 N–H and O–H groups in total. The molecule has 16 heteroatoms. The molecule has 0 aromatic carbocycles. The molecule has 0 saturated carbocycles. The third-order valence-corrected chi connectivity index (χ3v) is 5.99. The zero-order valence-electron chi connectivity index (χ0n) is 22.4. The summed E-state index contributed by atoms with van der Waals surface area (Å²) in [6.45, 7) is 2.82. The Bertz CT molecular complexity index is 873. The number of aliphatic hydroxyl groups is 1. The number of aliphatic hydroxyl groups excluding tert-OH is 1. The molecule has 0 heterocycles. The number of nitrogens with two attached hydrogens (primary N) is 3. The fourth-order valence-electron chi connectivity index (χ4n) is 3.29. The lowest BCUT2D eigenvalue weighted by Gasteiger charge is -2.26. The second-order valence-electron chi connectivity index (χ2n) is 9.31. The van der Waals surface area contributed by atoms with E-state index in [1.54, 1.807) is 6.26 Å². The molecule has 6 amide bonds. The van der Waals surface area contributed by atoms with Crippen LogP contribution in [0.3, 0.4) is 0 Å². The molecule has 0 aromatic heterocycles. The van der Waals surface area contributed by atoms with E-state index < -0.39 is 78.7 Å². The first kappa shape index (κ1) is 35.8. The van der Waals surface area contributed by atoms with Gasteiger partial charge in [0.2, 0.25) is 35.4 Å². The Kier molecular flexibility index (Phi) is 17.3. The Balaban J connectivity index is 5.56. The van der Waals surface area contributed by atoms with Crippen molar-refractivity contribution in [3.63, 3.8) is 0 Å². The lowest BCUT2D eigenvalue weighted by atomic mass is 10.0. The zero-order chi connectivity index (χ0) is 30.1. The van der Waals surface area contributed by atoms with Crippen molar-refractivity contribution >= 4 is 53.5 Å². The van der Waals surface area contributed by atoms with Gasteiger partial charge in [0.25, 0.3) is 0 Å². The second kappa shape index (κ2) is 18.9. The van der Waals surface area contributed by atoms with Crippen molar-refractivity contribution in [3.8, 4) is 0 Å². The number of carbonyl (C=O) groups excluding carboxylic acids is 7. The number of hydrogen-bond donors (Lipinski definition) is 8. The molecule has 15 nitrogen and oxygen atoms in total. The summed E-state index contributed by atoms with van der Waals surface area (Å²) in [5.74, 6) is -4.22. The van der Waals surface area contributed by atoms with E-state index in [0.29, 0.717) is 12.0 Å². The summed E-state index contributed by atoms with van der Waals surface area (Å²) < 4.78 is 0. The summed E-state index contributed by atoms with van der Waals surface area (Å²) >= 11 is 1.40. The molecule has 0 radical (unpaired) electrons. The summed E-state index contributed by atoms with van der Waals surface area (Å²) in [5.41, 5.74) is 15.7. The maximum absolute atomic E-state index is 13.1. The van der Waals surface area contributed by atoms with E-state index in [-0.39, 0.29) is 31.6 Å². The highest BCUT2D eigenvalue weighted by atomic mass is 32.2. The topological polar surface area (TPSA) is 266 Å². The van der Waals surface area contributed by atoms with Crippen LogP contribution in [-0.4, -0.2) is 95.7 Å². The zero-order valence-corrected chi connectivity index (χ0v) is 23.3. The van der Waals surface area contributed by atoms with Crippen LogP contribution in [0.15, 0.2) is 0 Å². The Morgan fingerprint density at radius 2 is 1.36 bits per heavy atom. The number of rotatable bonds is 20. The van der Waals surface area contributed by atoms with Crippen molar-refractivity contribution in [2.24, 2.45) is 23.1 Å². The van der Waals surface area contributed by atoms with Gasteiger partial charge in [-0.3, -0.25) is 28.8 Å². The lowest BCUT2D eigenvalue weighted by Crippen LogP contribution is -2.59. The van der Waals surface area contributed by atoms with Gasteiger partial charge in [-0.15, -0.1) is 0 Å². The summed E-state index contributed by atoms with van der Waals surface area (Å²) in [4.78, 5) is 84.3. The quantitative estimate of drug-likeness (QED) is 0.0660. The van der Waals surface area contributed by atoms with Gasteiger partial charge < -0.3 is 48.4 Å². The third-order valence-electron chi connectivity index (χ3n) is 5.35. The maximum Gasteiger partial charge on any atom is 0.245 e. The lowest BCUT2D eigenvalue weighted by molar-refractivity contribution is -0.135. The molecule has 5 atom stereocenters. The van der Waals surface area contributed by atoms with Crippen molar-refractivity contribution in [2.75, 3.05) is 18.6 Å². The van der Waals surface area contributed by atoms with Gasteiger partial charge in [0.15, 0.2) is 0 Å². The molecule has 222 valence electrons. The smallest absolute Gasteiger partial charge is 0.245 e. The van der Waals surface area contributed by atoms with E-state index in [9.17, 15) is 38.7 Å². The highest BCUT2D eigenvalue weighted by molar-refractivity contribution is 7.98. The molecule has 0 unspecified atom stereocenters. The molecule has 0 aliphatic carbocycles. The Morgan fingerprint density at radius 1 is 0.821 bits per heavy atom. The summed E-state index contributed by atoms with van der Waals surface area (Å²) in [5, 5.41) is 19.4. The Hall–Kier alpha value is -3.24. The second-order valence-corrected chi connectivity index (χ2v) is 10.3. The first-order valence-electron chi connectivity index (χ1n) is 12.3. The van der Waals surface area contributed by atoms with E-state index in [0.717, 1.165) is 0 Å². The van der Waals surface area contributed by atoms with Crippen molar-refractivity contribution < 1.29 is 38.7 Å². The molecular weight excluding hydrogens is 534 g/mol. The number of nitrogens with one attached hydrogen (secondary N) is 4. The summed E-state index contributed by atoms with van der Waals surface area (Å²) in [7, 11) is 0. The van der Waals surface area contributed by atoms with E-state index in [4.69, 9.17) is 17.2 Å². The maximum atomic E-state index is 13.1. The van der Waals surface area contributed by atoms with Crippen molar-refractivity contribution in [2.45, 2.75) is 76.2 Å². The average molecular weight is 576 g/mol. The molecule has 0 aliphatic heterocycles. The Labute approximate surface area is 231 Å². The summed E-state index contributed by atoms with van der Waals surface area (Å²) in [6, 6.07) is -6.02. The molecule has 0 bridgehead atoms. The minimum absolute atomic E-state index is 0.00328. The molecular formula is C23H41N7O8S. The van der Waals surface area contributed by atoms with Gasteiger partial charge in [0.1, 0.15) is 24.4 Å².